The maximum Gasteiger partial charge on any atom is 0.310 e. The van der Waals surface area contributed by atoms with Gasteiger partial charge in [0.2, 0.25) is 0 Å². The third kappa shape index (κ3) is 3.27. The number of rotatable bonds is 3. The molecule has 4 nitrogen and oxygen atoms in total. The fraction of sp³-hybridized carbons (Fsp3) is 0.556. The van der Waals surface area contributed by atoms with Crippen LogP contribution in [0.1, 0.15) is 19.4 Å². The van der Waals surface area contributed by atoms with Gasteiger partial charge in [-0.1, -0.05) is 0 Å². The van der Waals surface area contributed by atoms with Crippen LogP contribution in [0, 0.1) is 0 Å². The Morgan fingerprint density at radius 1 is 1.69 bits per heavy atom. The van der Waals surface area contributed by atoms with Gasteiger partial charge in [-0.3, -0.25) is 9.48 Å². The van der Waals surface area contributed by atoms with Gasteiger partial charge in [0, 0.05) is 18.8 Å². The normalized spacial score (nSPS) is 10.5. The molecule has 0 unspecified atom stereocenters. The second-order valence-electron chi connectivity index (χ2n) is 3.24. The SMILES string of the molecule is CC(C)OC(=O)Cc1cnn(C)c1. The van der Waals surface area contributed by atoms with Crippen molar-refractivity contribution in [2.24, 2.45) is 7.05 Å². The smallest absolute Gasteiger partial charge is 0.310 e. The molecule has 0 saturated heterocycles. The topological polar surface area (TPSA) is 44.1 Å². The molecule has 72 valence electrons. The lowest BCUT2D eigenvalue weighted by Crippen LogP contribution is -2.13. The van der Waals surface area contributed by atoms with Crippen molar-refractivity contribution in [3.8, 4) is 0 Å². The molecule has 0 atom stereocenters. The van der Waals surface area contributed by atoms with Crippen LogP contribution in [0.25, 0.3) is 0 Å². The summed E-state index contributed by atoms with van der Waals surface area (Å²) in [6, 6.07) is 0. The van der Waals surface area contributed by atoms with E-state index in [0.29, 0.717) is 6.42 Å². The van der Waals surface area contributed by atoms with Crippen molar-refractivity contribution >= 4 is 5.97 Å². The number of hydrogen-bond acceptors (Lipinski definition) is 3. The molecule has 0 radical (unpaired) electrons. The van der Waals surface area contributed by atoms with Gasteiger partial charge >= 0.3 is 5.97 Å². The highest BCUT2D eigenvalue weighted by Gasteiger charge is 2.07. The summed E-state index contributed by atoms with van der Waals surface area (Å²) >= 11 is 0. The van der Waals surface area contributed by atoms with Crippen LogP contribution in [0.2, 0.25) is 0 Å². The number of ether oxygens (including phenoxy) is 1. The summed E-state index contributed by atoms with van der Waals surface area (Å²) in [6.07, 6.45) is 3.72. The fourth-order valence-corrected chi connectivity index (χ4v) is 1.03. The van der Waals surface area contributed by atoms with Gasteiger partial charge in [0.1, 0.15) is 0 Å². The minimum absolute atomic E-state index is 0.0517. The molecular weight excluding hydrogens is 168 g/mol. The van der Waals surface area contributed by atoms with Gasteiger partial charge in [0.05, 0.1) is 18.7 Å². The summed E-state index contributed by atoms with van der Waals surface area (Å²) < 4.78 is 6.65. The van der Waals surface area contributed by atoms with E-state index in [1.807, 2.05) is 27.1 Å². The van der Waals surface area contributed by atoms with E-state index in [9.17, 15) is 4.79 Å². The molecule has 0 bridgehead atoms. The molecule has 0 fully saturated rings. The molecule has 1 rings (SSSR count). The minimum Gasteiger partial charge on any atom is -0.463 e. The molecule has 1 heterocycles. The van der Waals surface area contributed by atoms with Crippen LogP contribution in [-0.2, 0) is 23.0 Å². The molecule has 1 aromatic rings. The largest absolute Gasteiger partial charge is 0.463 e. The lowest BCUT2D eigenvalue weighted by molar-refractivity contribution is -0.146. The Hall–Kier alpha value is -1.32. The maximum atomic E-state index is 11.2. The van der Waals surface area contributed by atoms with Gasteiger partial charge in [-0.05, 0) is 13.8 Å². The lowest BCUT2D eigenvalue weighted by Gasteiger charge is -2.05. The zero-order chi connectivity index (χ0) is 9.84. The molecule has 0 amide bonds. The van der Waals surface area contributed by atoms with E-state index in [1.165, 1.54) is 0 Å². The van der Waals surface area contributed by atoms with Crippen LogP contribution < -0.4 is 0 Å². The average molecular weight is 182 g/mol. The van der Waals surface area contributed by atoms with Crippen molar-refractivity contribution in [3.05, 3.63) is 18.0 Å². The second kappa shape index (κ2) is 4.07. The molecule has 0 N–H and O–H groups in total. The summed E-state index contributed by atoms with van der Waals surface area (Å²) in [5.41, 5.74) is 0.883. The van der Waals surface area contributed by atoms with Crippen molar-refractivity contribution in [2.45, 2.75) is 26.4 Å². The van der Waals surface area contributed by atoms with Crippen molar-refractivity contribution in [2.75, 3.05) is 0 Å². The summed E-state index contributed by atoms with van der Waals surface area (Å²) in [5, 5.41) is 3.96. The standard InChI is InChI=1S/C9H14N2O2/c1-7(2)13-9(12)4-8-5-10-11(3)6-8/h5-7H,4H2,1-3H3. The molecule has 0 spiro atoms. The van der Waals surface area contributed by atoms with Gasteiger partial charge in [-0.15, -0.1) is 0 Å². The van der Waals surface area contributed by atoms with E-state index in [0.717, 1.165) is 5.56 Å². The highest BCUT2D eigenvalue weighted by atomic mass is 16.5. The molecule has 4 heteroatoms. The average Bonchev–Trinajstić information content (AvgIpc) is 2.33. The molecule has 0 saturated carbocycles. The Balaban J connectivity index is 2.45. The first kappa shape index (κ1) is 9.77. The summed E-state index contributed by atoms with van der Waals surface area (Å²) in [6.45, 7) is 3.67. The van der Waals surface area contributed by atoms with E-state index in [1.54, 1.807) is 10.9 Å². The maximum absolute atomic E-state index is 11.2. The Morgan fingerprint density at radius 3 is 2.85 bits per heavy atom. The van der Waals surface area contributed by atoms with Crippen LogP contribution in [0.15, 0.2) is 12.4 Å². The predicted octanol–water partition coefficient (Wildman–Crippen LogP) is 0.914. The quantitative estimate of drug-likeness (QED) is 0.653. The van der Waals surface area contributed by atoms with Gasteiger partial charge in [-0.2, -0.15) is 5.10 Å². The minimum atomic E-state index is -0.206. The number of aromatic nitrogens is 2. The van der Waals surface area contributed by atoms with E-state index >= 15 is 0 Å². The molecule has 0 aromatic carbocycles. The number of carbonyl (C=O) groups is 1. The summed E-state index contributed by atoms with van der Waals surface area (Å²) in [7, 11) is 1.82. The zero-order valence-corrected chi connectivity index (χ0v) is 8.15. The second-order valence-corrected chi connectivity index (χ2v) is 3.24. The van der Waals surface area contributed by atoms with E-state index < -0.39 is 0 Å². The predicted molar refractivity (Wildman–Crippen MR) is 48.1 cm³/mol. The van der Waals surface area contributed by atoms with E-state index in [-0.39, 0.29) is 12.1 Å². The first-order valence-corrected chi connectivity index (χ1v) is 4.25. The van der Waals surface area contributed by atoms with Gasteiger partial charge < -0.3 is 4.74 Å². The molecule has 0 aliphatic heterocycles. The zero-order valence-electron chi connectivity index (χ0n) is 8.15. The van der Waals surface area contributed by atoms with Crippen LogP contribution >= 0.6 is 0 Å². The molecule has 0 aliphatic rings. The number of aryl methyl sites for hydroxylation is 1. The highest BCUT2D eigenvalue weighted by molar-refractivity contribution is 5.72. The summed E-state index contributed by atoms with van der Waals surface area (Å²) in [5.74, 6) is -0.206. The van der Waals surface area contributed by atoms with Gasteiger partial charge in [0.25, 0.3) is 0 Å². The molecule has 13 heavy (non-hydrogen) atoms. The third-order valence-corrected chi connectivity index (χ3v) is 1.47. The Bertz CT molecular complexity index is 292. The van der Waals surface area contributed by atoms with Crippen LogP contribution in [0.5, 0.6) is 0 Å². The number of hydrogen-bond donors (Lipinski definition) is 0. The first-order valence-electron chi connectivity index (χ1n) is 4.25. The first-order chi connectivity index (χ1) is 6.08. The Morgan fingerprint density at radius 2 is 2.38 bits per heavy atom. The number of carbonyl (C=O) groups excluding carboxylic acids is 1. The monoisotopic (exact) mass is 182 g/mol. The van der Waals surface area contributed by atoms with Crippen LogP contribution in [-0.4, -0.2) is 21.9 Å². The van der Waals surface area contributed by atoms with Gasteiger partial charge in [-0.25, -0.2) is 0 Å². The van der Waals surface area contributed by atoms with Crippen molar-refractivity contribution in [1.29, 1.82) is 0 Å². The molecule has 1 aromatic heterocycles. The summed E-state index contributed by atoms with van der Waals surface area (Å²) in [4.78, 5) is 11.2. The highest BCUT2D eigenvalue weighted by Crippen LogP contribution is 2.00. The van der Waals surface area contributed by atoms with E-state index in [4.69, 9.17) is 4.74 Å². The van der Waals surface area contributed by atoms with Crippen molar-refractivity contribution in [1.82, 2.24) is 9.78 Å². The fourth-order valence-electron chi connectivity index (χ4n) is 1.03. The van der Waals surface area contributed by atoms with Crippen molar-refractivity contribution < 1.29 is 9.53 Å². The number of esters is 1. The molecule has 0 aliphatic carbocycles. The van der Waals surface area contributed by atoms with Crippen molar-refractivity contribution in [3.63, 3.8) is 0 Å². The van der Waals surface area contributed by atoms with Crippen LogP contribution in [0.4, 0.5) is 0 Å². The third-order valence-electron chi connectivity index (χ3n) is 1.47. The lowest BCUT2D eigenvalue weighted by atomic mass is 10.2. The Labute approximate surface area is 77.5 Å². The van der Waals surface area contributed by atoms with Gasteiger partial charge in [0.15, 0.2) is 0 Å². The Kier molecular flexibility index (Phi) is 3.06. The number of nitrogens with zero attached hydrogens (tertiary/aromatic N) is 2. The molecular formula is C9H14N2O2. The van der Waals surface area contributed by atoms with E-state index in [2.05, 4.69) is 5.10 Å². The van der Waals surface area contributed by atoms with Crippen LogP contribution in [0.3, 0.4) is 0 Å².